The molecule has 0 amide bonds. The molecule has 0 heterocycles. The third-order valence-corrected chi connectivity index (χ3v) is 2.37. The number of rotatable bonds is 12. The Kier molecular flexibility index (Phi) is 11.6. The van der Waals surface area contributed by atoms with E-state index >= 15 is 0 Å². The van der Waals surface area contributed by atoms with Crippen molar-refractivity contribution in [2.75, 3.05) is 0 Å². The lowest BCUT2D eigenvalue weighted by atomic mass is 10.5. The van der Waals surface area contributed by atoms with Crippen molar-refractivity contribution in [3.63, 3.8) is 0 Å². The predicted molar refractivity (Wildman–Crippen MR) is 94.1 cm³/mol. The van der Waals surface area contributed by atoms with Crippen LogP contribution in [0, 0.1) is 0 Å². The highest BCUT2D eigenvalue weighted by Crippen LogP contribution is 2.04. The van der Waals surface area contributed by atoms with Gasteiger partial charge < -0.3 is 28.4 Å². The summed E-state index contributed by atoms with van der Waals surface area (Å²) in [5.41, 5.74) is 0. The van der Waals surface area contributed by atoms with Crippen LogP contribution in [0.15, 0.2) is 63.1 Å². The van der Waals surface area contributed by atoms with Crippen LogP contribution in [0.4, 0.5) is 0 Å². The van der Waals surface area contributed by atoms with Gasteiger partial charge in [0.15, 0.2) is 0 Å². The Hall–Kier alpha value is -4.48. The van der Waals surface area contributed by atoms with Crippen LogP contribution < -0.4 is 0 Å². The molecule has 0 aromatic rings. The quantitative estimate of drug-likeness (QED) is 0.137. The van der Waals surface area contributed by atoms with Crippen molar-refractivity contribution in [1.29, 1.82) is 0 Å². The largest absolute Gasteiger partial charge is 0.426 e. The molecule has 0 spiro atoms. The molecule has 0 aliphatic heterocycles. The van der Waals surface area contributed by atoms with Crippen LogP contribution in [-0.2, 0) is 57.2 Å². The molecule has 0 aliphatic rings. The van der Waals surface area contributed by atoms with Crippen molar-refractivity contribution in [2.45, 2.75) is 12.6 Å². The summed E-state index contributed by atoms with van der Waals surface area (Å²) in [5, 5.41) is 0. The van der Waals surface area contributed by atoms with Crippen molar-refractivity contribution in [3.8, 4) is 0 Å². The van der Waals surface area contributed by atoms with E-state index in [-0.39, 0.29) is 0 Å². The Morgan fingerprint density at radius 1 is 0.500 bits per heavy atom. The van der Waals surface area contributed by atoms with Crippen LogP contribution in [0.3, 0.4) is 0 Å². The highest BCUT2D eigenvalue weighted by atomic mass is 16.7. The Labute approximate surface area is 169 Å². The maximum absolute atomic E-state index is 11.8. The zero-order chi connectivity index (χ0) is 23.1. The molecule has 0 aromatic heterocycles. The molecule has 160 valence electrons. The molecule has 0 fully saturated rings. The lowest BCUT2D eigenvalue weighted by Gasteiger charge is -2.14. The van der Waals surface area contributed by atoms with Crippen LogP contribution in [0.25, 0.3) is 0 Å². The molecule has 0 atom stereocenters. The summed E-state index contributed by atoms with van der Waals surface area (Å²) in [4.78, 5) is 68.3. The van der Waals surface area contributed by atoms with Crippen LogP contribution >= 0.6 is 0 Å². The van der Waals surface area contributed by atoms with Gasteiger partial charge in [-0.1, -0.05) is 26.3 Å². The standard InChI is InChI=1S/C18H16O12/c1-5-11(19)27-17(28-12(20)6-2)15(23)25-9-10-26-16(24)18(29-13(21)7-3)30-14(22)8-4/h5-10,17-18H,1-4H2. The van der Waals surface area contributed by atoms with Gasteiger partial charge in [-0.3, -0.25) is 0 Å². The fourth-order valence-corrected chi connectivity index (χ4v) is 1.16. The maximum atomic E-state index is 11.8. The molecule has 0 saturated carbocycles. The summed E-state index contributed by atoms with van der Waals surface area (Å²) in [6.07, 6.45) is -0.503. The first-order valence-corrected chi connectivity index (χ1v) is 7.56. The molecule has 0 aromatic carbocycles. The average Bonchev–Trinajstić information content (AvgIpc) is 2.74. The molecule has 0 radical (unpaired) electrons. The minimum Gasteiger partial charge on any atom is -0.426 e. The predicted octanol–water partition coefficient (Wildman–Crippen LogP) is 0.113. The molecule has 12 nitrogen and oxygen atoms in total. The van der Waals surface area contributed by atoms with Gasteiger partial charge >= 0.3 is 48.4 Å². The Morgan fingerprint density at radius 3 is 0.933 bits per heavy atom. The second kappa shape index (κ2) is 13.7. The van der Waals surface area contributed by atoms with Gasteiger partial charge in [0.05, 0.1) is 0 Å². The van der Waals surface area contributed by atoms with E-state index < -0.39 is 48.4 Å². The Morgan fingerprint density at radius 2 is 0.733 bits per heavy atom. The van der Waals surface area contributed by atoms with E-state index in [9.17, 15) is 28.8 Å². The van der Waals surface area contributed by atoms with Gasteiger partial charge in [0.25, 0.3) is 0 Å². The first-order chi connectivity index (χ1) is 14.2. The van der Waals surface area contributed by atoms with Gasteiger partial charge in [-0.05, 0) is 0 Å². The van der Waals surface area contributed by atoms with Gasteiger partial charge in [-0.2, -0.15) is 0 Å². The zero-order valence-electron chi connectivity index (χ0n) is 15.3. The zero-order valence-corrected chi connectivity index (χ0v) is 15.3. The molecule has 0 aliphatic carbocycles. The molecule has 30 heavy (non-hydrogen) atoms. The van der Waals surface area contributed by atoms with E-state index in [0.717, 1.165) is 0 Å². The Balaban J connectivity index is 4.98. The van der Waals surface area contributed by atoms with E-state index in [0.29, 0.717) is 36.8 Å². The number of ether oxygens (including phenoxy) is 6. The highest BCUT2D eigenvalue weighted by molar-refractivity contribution is 5.89. The first-order valence-electron chi connectivity index (χ1n) is 7.56. The second-order valence-electron chi connectivity index (χ2n) is 4.37. The van der Waals surface area contributed by atoms with E-state index in [1.54, 1.807) is 0 Å². The monoisotopic (exact) mass is 424 g/mol. The average molecular weight is 424 g/mol. The number of hydrogen-bond donors (Lipinski definition) is 0. The fourth-order valence-electron chi connectivity index (χ4n) is 1.16. The maximum Gasteiger partial charge on any atom is 0.394 e. The van der Waals surface area contributed by atoms with Crippen LogP contribution in [-0.4, -0.2) is 48.4 Å². The van der Waals surface area contributed by atoms with Crippen molar-refractivity contribution in [2.24, 2.45) is 0 Å². The summed E-state index contributed by atoms with van der Waals surface area (Å²) < 4.78 is 26.8. The summed E-state index contributed by atoms with van der Waals surface area (Å²) in [6.45, 7) is 12.4. The van der Waals surface area contributed by atoms with E-state index in [1.165, 1.54) is 0 Å². The lowest BCUT2D eigenvalue weighted by molar-refractivity contribution is -0.198. The summed E-state index contributed by atoms with van der Waals surface area (Å²) in [5.74, 6) is -7.25. The third kappa shape index (κ3) is 10.0. The van der Waals surface area contributed by atoms with Crippen molar-refractivity contribution >= 4 is 35.8 Å². The van der Waals surface area contributed by atoms with Gasteiger partial charge in [-0.15, -0.1) is 0 Å². The summed E-state index contributed by atoms with van der Waals surface area (Å²) in [7, 11) is 0. The van der Waals surface area contributed by atoms with Gasteiger partial charge in [0, 0.05) is 24.3 Å². The number of esters is 6. The molecular weight excluding hydrogens is 408 g/mol. The van der Waals surface area contributed by atoms with Crippen LogP contribution in [0.1, 0.15) is 0 Å². The van der Waals surface area contributed by atoms with Crippen molar-refractivity contribution < 1.29 is 57.2 Å². The summed E-state index contributed by atoms with van der Waals surface area (Å²) in [6, 6.07) is 0. The number of hydrogen-bond acceptors (Lipinski definition) is 12. The fraction of sp³-hybridized carbons (Fsp3) is 0.111. The number of carbonyl (C=O) groups is 6. The van der Waals surface area contributed by atoms with E-state index in [2.05, 4.69) is 54.7 Å². The van der Waals surface area contributed by atoms with E-state index in [4.69, 9.17) is 0 Å². The molecule has 0 rings (SSSR count). The van der Waals surface area contributed by atoms with Gasteiger partial charge in [0.1, 0.15) is 12.5 Å². The number of carbonyl (C=O) groups excluding carboxylic acids is 6. The smallest absolute Gasteiger partial charge is 0.394 e. The molecule has 0 bridgehead atoms. The molecular formula is C18H16O12. The highest BCUT2D eigenvalue weighted by Gasteiger charge is 2.28. The molecule has 0 N–H and O–H groups in total. The van der Waals surface area contributed by atoms with Crippen molar-refractivity contribution in [1.82, 2.24) is 0 Å². The third-order valence-electron chi connectivity index (χ3n) is 2.37. The SMILES string of the molecule is C=CC(=O)OC(OC(=O)C=C)C(=O)OC=COC(=O)C(OC(=O)C=C)OC(=O)C=C. The Bertz CT molecular complexity index is 668. The van der Waals surface area contributed by atoms with Crippen LogP contribution in [0.5, 0.6) is 0 Å². The van der Waals surface area contributed by atoms with E-state index in [1.807, 2.05) is 0 Å². The minimum atomic E-state index is -2.11. The normalized spacial score (nSPS) is 9.80. The minimum absolute atomic E-state index is 0.485. The lowest BCUT2D eigenvalue weighted by Crippen LogP contribution is -2.32. The topological polar surface area (TPSA) is 158 Å². The first kappa shape index (κ1) is 25.5. The molecule has 12 heteroatoms. The van der Waals surface area contributed by atoms with Gasteiger partial charge in [0.2, 0.25) is 0 Å². The summed E-state index contributed by atoms with van der Waals surface area (Å²) >= 11 is 0. The van der Waals surface area contributed by atoms with Gasteiger partial charge in [-0.25, -0.2) is 28.8 Å². The molecule has 0 unspecified atom stereocenters. The second-order valence-corrected chi connectivity index (χ2v) is 4.37. The van der Waals surface area contributed by atoms with Crippen molar-refractivity contribution in [3.05, 3.63) is 63.1 Å². The van der Waals surface area contributed by atoms with Crippen LogP contribution in [0.2, 0.25) is 0 Å². The molecule has 0 saturated heterocycles.